The number of ether oxygens (including phenoxy) is 1. The average Bonchev–Trinajstić information content (AvgIpc) is 2.39. The lowest BCUT2D eigenvalue weighted by Gasteiger charge is -2.09. The number of benzene rings is 1. The van der Waals surface area contributed by atoms with Gasteiger partial charge in [-0.05, 0) is 36.8 Å². The molecule has 0 amide bonds. The van der Waals surface area contributed by atoms with E-state index in [1.165, 1.54) is 25.1 Å². The predicted octanol–water partition coefficient (Wildman–Crippen LogP) is 3.04. The molecule has 0 spiro atoms. The first kappa shape index (κ1) is 13.2. The molecular formula is C15H14FNO2. The molecule has 0 aliphatic carbocycles. The molecule has 2 aromatic rings. The summed E-state index contributed by atoms with van der Waals surface area (Å²) in [4.78, 5) is 15.3. The summed E-state index contributed by atoms with van der Waals surface area (Å²) in [5.41, 5.74) is 1.48. The number of halogens is 1. The predicted molar refractivity (Wildman–Crippen MR) is 69.8 cm³/mol. The summed E-state index contributed by atoms with van der Waals surface area (Å²) >= 11 is 0. The van der Waals surface area contributed by atoms with Gasteiger partial charge in [0.05, 0.1) is 12.2 Å². The van der Waals surface area contributed by atoms with Crippen molar-refractivity contribution in [1.29, 1.82) is 0 Å². The van der Waals surface area contributed by atoms with E-state index in [-0.39, 0.29) is 5.78 Å². The molecule has 1 heterocycles. The number of Topliss-reactive ketones (excluding diaryl/α,β-unsaturated/α-hetero) is 1. The molecule has 0 radical (unpaired) electrons. The van der Waals surface area contributed by atoms with E-state index in [1.54, 1.807) is 12.4 Å². The zero-order chi connectivity index (χ0) is 13.7. The SMILES string of the molecule is CC(=O)c1ccc(F)cc1OCCc1ccncc1. The van der Waals surface area contributed by atoms with Gasteiger partial charge in [0, 0.05) is 24.9 Å². The maximum atomic E-state index is 13.2. The van der Waals surface area contributed by atoms with Crippen LogP contribution in [0.2, 0.25) is 0 Å². The Balaban J connectivity index is 2.03. The van der Waals surface area contributed by atoms with Crippen LogP contribution in [0.15, 0.2) is 42.7 Å². The Labute approximate surface area is 111 Å². The van der Waals surface area contributed by atoms with Gasteiger partial charge in [0.1, 0.15) is 11.6 Å². The van der Waals surface area contributed by atoms with E-state index in [1.807, 2.05) is 12.1 Å². The second-order valence-electron chi connectivity index (χ2n) is 4.15. The molecule has 0 aliphatic rings. The molecule has 3 nitrogen and oxygen atoms in total. The number of ketones is 1. The summed E-state index contributed by atoms with van der Waals surface area (Å²) < 4.78 is 18.7. The summed E-state index contributed by atoms with van der Waals surface area (Å²) in [6.45, 7) is 1.82. The lowest BCUT2D eigenvalue weighted by atomic mass is 10.1. The minimum absolute atomic E-state index is 0.140. The highest BCUT2D eigenvalue weighted by Crippen LogP contribution is 2.20. The number of nitrogens with zero attached hydrogens (tertiary/aromatic N) is 1. The molecule has 98 valence electrons. The number of hydrogen-bond acceptors (Lipinski definition) is 3. The largest absolute Gasteiger partial charge is 0.492 e. The number of carbonyl (C=O) groups is 1. The van der Waals surface area contributed by atoms with Gasteiger partial charge in [-0.25, -0.2) is 4.39 Å². The van der Waals surface area contributed by atoms with Crippen LogP contribution in [0.25, 0.3) is 0 Å². The quantitative estimate of drug-likeness (QED) is 0.775. The van der Waals surface area contributed by atoms with Gasteiger partial charge < -0.3 is 4.74 Å². The van der Waals surface area contributed by atoms with E-state index in [9.17, 15) is 9.18 Å². The summed E-state index contributed by atoms with van der Waals surface area (Å²) in [5, 5.41) is 0. The maximum Gasteiger partial charge on any atom is 0.163 e. The van der Waals surface area contributed by atoms with Crippen LogP contribution in [-0.2, 0) is 6.42 Å². The maximum absolute atomic E-state index is 13.2. The third kappa shape index (κ3) is 3.61. The molecule has 1 aromatic heterocycles. The smallest absolute Gasteiger partial charge is 0.163 e. The normalized spacial score (nSPS) is 10.2. The van der Waals surface area contributed by atoms with E-state index in [2.05, 4.69) is 4.98 Å². The van der Waals surface area contributed by atoms with Crippen LogP contribution in [-0.4, -0.2) is 17.4 Å². The first-order valence-corrected chi connectivity index (χ1v) is 5.99. The van der Waals surface area contributed by atoms with Crippen molar-refractivity contribution >= 4 is 5.78 Å². The fourth-order valence-electron chi connectivity index (χ4n) is 1.73. The lowest BCUT2D eigenvalue weighted by molar-refractivity contribution is 0.101. The Bertz CT molecular complexity index is 570. The van der Waals surface area contributed by atoms with Crippen molar-refractivity contribution in [2.75, 3.05) is 6.61 Å². The molecule has 0 saturated carbocycles. The van der Waals surface area contributed by atoms with Crippen LogP contribution >= 0.6 is 0 Å². The van der Waals surface area contributed by atoms with Crippen molar-refractivity contribution in [3.8, 4) is 5.75 Å². The zero-order valence-electron chi connectivity index (χ0n) is 10.6. The fourth-order valence-corrected chi connectivity index (χ4v) is 1.73. The molecule has 0 unspecified atom stereocenters. The molecule has 0 N–H and O–H groups in total. The van der Waals surface area contributed by atoms with Gasteiger partial charge in [0.25, 0.3) is 0 Å². The number of aromatic nitrogens is 1. The van der Waals surface area contributed by atoms with Crippen LogP contribution in [0.3, 0.4) is 0 Å². The number of pyridine rings is 1. The molecule has 0 saturated heterocycles. The number of hydrogen-bond donors (Lipinski definition) is 0. The highest BCUT2D eigenvalue weighted by Gasteiger charge is 2.09. The monoisotopic (exact) mass is 259 g/mol. The summed E-state index contributed by atoms with van der Waals surface area (Å²) in [6.07, 6.45) is 4.09. The lowest BCUT2D eigenvalue weighted by Crippen LogP contribution is -2.05. The molecule has 0 aliphatic heterocycles. The minimum Gasteiger partial charge on any atom is -0.492 e. The molecule has 2 rings (SSSR count). The van der Waals surface area contributed by atoms with Crippen molar-refractivity contribution in [3.05, 3.63) is 59.7 Å². The summed E-state index contributed by atoms with van der Waals surface area (Å²) in [5.74, 6) is -0.260. The fraction of sp³-hybridized carbons (Fsp3) is 0.200. The van der Waals surface area contributed by atoms with Gasteiger partial charge in [-0.2, -0.15) is 0 Å². The van der Waals surface area contributed by atoms with Crippen LogP contribution in [0.4, 0.5) is 4.39 Å². The molecule has 1 aromatic carbocycles. The zero-order valence-corrected chi connectivity index (χ0v) is 10.6. The molecule has 0 atom stereocenters. The van der Waals surface area contributed by atoms with Crippen LogP contribution < -0.4 is 4.74 Å². The Kier molecular flexibility index (Phi) is 4.23. The van der Waals surface area contributed by atoms with E-state index in [4.69, 9.17) is 4.74 Å². The Morgan fingerprint density at radius 3 is 2.68 bits per heavy atom. The average molecular weight is 259 g/mol. The highest BCUT2D eigenvalue weighted by atomic mass is 19.1. The van der Waals surface area contributed by atoms with Crippen molar-refractivity contribution in [2.45, 2.75) is 13.3 Å². The van der Waals surface area contributed by atoms with E-state index in [0.29, 0.717) is 24.3 Å². The Morgan fingerprint density at radius 1 is 1.26 bits per heavy atom. The third-order valence-electron chi connectivity index (χ3n) is 2.72. The first-order valence-electron chi connectivity index (χ1n) is 5.99. The molecular weight excluding hydrogens is 245 g/mol. The van der Waals surface area contributed by atoms with E-state index < -0.39 is 5.82 Å². The first-order chi connectivity index (χ1) is 9.16. The van der Waals surface area contributed by atoms with Crippen molar-refractivity contribution in [1.82, 2.24) is 4.98 Å². The van der Waals surface area contributed by atoms with Gasteiger partial charge in [0.15, 0.2) is 5.78 Å². The topological polar surface area (TPSA) is 39.2 Å². The van der Waals surface area contributed by atoms with E-state index in [0.717, 1.165) is 5.56 Å². The second-order valence-corrected chi connectivity index (χ2v) is 4.15. The highest BCUT2D eigenvalue weighted by molar-refractivity contribution is 5.96. The molecule has 19 heavy (non-hydrogen) atoms. The van der Waals surface area contributed by atoms with Crippen molar-refractivity contribution in [3.63, 3.8) is 0 Å². The Morgan fingerprint density at radius 2 is 2.00 bits per heavy atom. The molecule has 4 heteroatoms. The van der Waals surface area contributed by atoms with Gasteiger partial charge in [-0.1, -0.05) is 0 Å². The summed E-state index contributed by atoms with van der Waals surface area (Å²) in [7, 11) is 0. The van der Waals surface area contributed by atoms with Crippen molar-refractivity contribution < 1.29 is 13.9 Å². The second kappa shape index (κ2) is 6.09. The molecule has 0 bridgehead atoms. The Hall–Kier alpha value is -2.23. The van der Waals surface area contributed by atoms with Gasteiger partial charge in [-0.3, -0.25) is 9.78 Å². The van der Waals surface area contributed by atoms with Crippen LogP contribution in [0.5, 0.6) is 5.75 Å². The van der Waals surface area contributed by atoms with Crippen molar-refractivity contribution in [2.24, 2.45) is 0 Å². The van der Waals surface area contributed by atoms with E-state index >= 15 is 0 Å². The molecule has 0 fully saturated rings. The van der Waals surface area contributed by atoms with Gasteiger partial charge >= 0.3 is 0 Å². The summed E-state index contributed by atoms with van der Waals surface area (Å²) in [6, 6.07) is 7.72. The van der Waals surface area contributed by atoms with Gasteiger partial charge in [0.2, 0.25) is 0 Å². The number of rotatable bonds is 5. The third-order valence-corrected chi connectivity index (χ3v) is 2.72. The van der Waals surface area contributed by atoms with Gasteiger partial charge in [-0.15, -0.1) is 0 Å². The van der Waals surface area contributed by atoms with Crippen LogP contribution in [0.1, 0.15) is 22.8 Å². The standard InChI is InChI=1S/C15H14FNO2/c1-11(18)14-3-2-13(16)10-15(14)19-9-6-12-4-7-17-8-5-12/h2-5,7-8,10H,6,9H2,1H3. The minimum atomic E-state index is -0.413. The number of carbonyl (C=O) groups excluding carboxylic acids is 1. The van der Waals surface area contributed by atoms with Crippen LogP contribution in [0, 0.1) is 5.82 Å².